The summed E-state index contributed by atoms with van der Waals surface area (Å²) in [6.07, 6.45) is 3.02. The molecule has 1 N–H and O–H groups in total. The SMILES string of the molecule is OCc1ccc2nnn(CCCN3CCC(c4noc5cc(F)ccc45)CC3)c2c1. The Morgan fingerprint density at radius 3 is 2.80 bits per heavy atom. The van der Waals surface area contributed by atoms with Crippen LogP contribution in [0, 0.1) is 5.82 Å². The molecule has 0 atom stereocenters. The van der Waals surface area contributed by atoms with Crippen molar-refractivity contribution in [2.75, 3.05) is 19.6 Å². The van der Waals surface area contributed by atoms with E-state index in [0.717, 1.165) is 73.1 Å². The van der Waals surface area contributed by atoms with Crippen molar-refractivity contribution < 1.29 is 14.0 Å². The Balaban J connectivity index is 1.16. The average Bonchev–Trinajstić information content (AvgIpc) is 3.37. The summed E-state index contributed by atoms with van der Waals surface area (Å²) >= 11 is 0. The third-order valence-corrected chi connectivity index (χ3v) is 6.04. The van der Waals surface area contributed by atoms with Gasteiger partial charge in [0.15, 0.2) is 5.58 Å². The number of aliphatic hydroxyl groups is 1. The fourth-order valence-corrected chi connectivity index (χ4v) is 4.37. The molecule has 3 heterocycles. The molecule has 0 unspecified atom stereocenters. The quantitative estimate of drug-likeness (QED) is 0.525. The van der Waals surface area contributed by atoms with Crippen LogP contribution < -0.4 is 0 Å². The highest BCUT2D eigenvalue weighted by atomic mass is 19.1. The Hall–Kier alpha value is -2.84. The molecule has 4 aromatic rings. The van der Waals surface area contributed by atoms with Gasteiger partial charge >= 0.3 is 0 Å². The summed E-state index contributed by atoms with van der Waals surface area (Å²) in [5.74, 6) is 0.0527. The maximum Gasteiger partial charge on any atom is 0.170 e. The highest BCUT2D eigenvalue weighted by Crippen LogP contribution is 2.32. The second-order valence-electron chi connectivity index (χ2n) is 7.97. The molecule has 1 fully saturated rings. The molecule has 2 aromatic carbocycles. The molecular weight excluding hydrogens is 385 g/mol. The molecule has 156 valence electrons. The van der Waals surface area contributed by atoms with Crippen molar-refractivity contribution in [3.8, 4) is 0 Å². The maximum atomic E-state index is 13.4. The molecule has 7 nitrogen and oxygen atoms in total. The third kappa shape index (κ3) is 3.68. The van der Waals surface area contributed by atoms with E-state index in [-0.39, 0.29) is 12.4 Å². The molecule has 0 spiro atoms. The van der Waals surface area contributed by atoms with E-state index in [1.807, 2.05) is 22.9 Å². The van der Waals surface area contributed by atoms with Crippen LogP contribution >= 0.6 is 0 Å². The van der Waals surface area contributed by atoms with Crippen molar-refractivity contribution in [2.45, 2.75) is 38.3 Å². The zero-order valence-electron chi connectivity index (χ0n) is 16.7. The Morgan fingerprint density at radius 1 is 1.10 bits per heavy atom. The number of aryl methyl sites for hydroxylation is 1. The molecule has 0 radical (unpaired) electrons. The second-order valence-corrected chi connectivity index (χ2v) is 7.97. The molecule has 30 heavy (non-hydrogen) atoms. The first-order valence-electron chi connectivity index (χ1n) is 10.4. The lowest BCUT2D eigenvalue weighted by Crippen LogP contribution is -2.34. The van der Waals surface area contributed by atoms with Gasteiger partial charge in [0.1, 0.15) is 11.3 Å². The number of aliphatic hydroxyl groups excluding tert-OH is 1. The lowest BCUT2D eigenvalue weighted by Gasteiger charge is -2.31. The number of benzene rings is 2. The van der Waals surface area contributed by atoms with Crippen molar-refractivity contribution in [3.05, 3.63) is 53.5 Å². The minimum Gasteiger partial charge on any atom is -0.392 e. The van der Waals surface area contributed by atoms with Crippen LogP contribution in [0.4, 0.5) is 4.39 Å². The monoisotopic (exact) mass is 409 g/mol. The molecule has 5 rings (SSSR count). The van der Waals surface area contributed by atoms with Gasteiger partial charge in [-0.2, -0.15) is 0 Å². The number of fused-ring (bicyclic) bond motifs is 2. The van der Waals surface area contributed by atoms with Crippen LogP contribution in [-0.2, 0) is 13.2 Å². The van der Waals surface area contributed by atoms with Gasteiger partial charge in [-0.3, -0.25) is 0 Å². The molecule has 0 saturated carbocycles. The number of aromatic nitrogens is 4. The van der Waals surface area contributed by atoms with Crippen LogP contribution in [0.5, 0.6) is 0 Å². The number of hydrogen-bond acceptors (Lipinski definition) is 6. The zero-order chi connectivity index (χ0) is 20.5. The fourth-order valence-electron chi connectivity index (χ4n) is 4.37. The van der Waals surface area contributed by atoms with E-state index in [0.29, 0.717) is 11.5 Å². The Bertz CT molecular complexity index is 1160. The molecule has 1 aliphatic rings. The van der Waals surface area contributed by atoms with Gasteiger partial charge in [0.05, 0.1) is 17.8 Å². The summed E-state index contributed by atoms with van der Waals surface area (Å²) in [5, 5.41) is 23.0. The van der Waals surface area contributed by atoms with E-state index in [9.17, 15) is 9.50 Å². The second kappa shape index (κ2) is 8.12. The molecule has 1 saturated heterocycles. The predicted octanol–water partition coefficient (Wildman–Crippen LogP) is 3.47. The van der Waals surface area contributed by atoms with Crippen molar-refractivity contribution in [1.82, 2.24) is 25.1 Å². The molecule has 0 aliphatic carbocycles. The average molecular weight is 409 g/mol. The third-order valence-electron chi connectivity index (χ3n) is 6.04. The van der Waals surface area contributed by atoms with Crippen molar-refractivity contribution in [1.29, 1.82) is 0 Å². The maximum absolute atomic E-state index is 13.4. The summed E-state index contributed by atoms with van der Waals surface area (Å²) in [6.45, 7) is 3.83. The molecular formula is C22H24FN5O2. The van der Waals surface area contributed by atoms with Crippen LogP contribution in [-0.4, -0.2) is 49.8 Å². The summed E-state index contributed by atoms with van der Waals surface area (Å²) in [6, 6.07) is 10.4. The summed E-state index contributed by atoms with van der Waals surface area (Å²) in [7, 11) is 0. The standard InChI is InChI=1S/C22H24FN5O2/c23-17-3-4-18-21(13-17)30-25-22(18)16-6-10-27(11-7-16)8-1-9-28-20-12-15(14-29)2-5-19(20)24-26-28/h2-5,12-13,16,29H,1,6-11,14H2. The smallest absolute Gasteiger partial charge is 0.170 e. The van der Waals surface area contributed by atoms with Crippen LogP contribution in [0.25, 0.3) is 22.0 Å². The van der Waals surface area contributed by atoms with Crippen molar-refractivity contribution in [2.24, 2.45) is 0 Å². The van der Waals surface area contributed by atoms with Crippen LogP contribution in [0.2, 0.25) is 0 Å². The molecule has 1 aliphatic heterocycles. The van der Waals surface area contributed by atoms with E-state index >= 15 is 0 Å². The number of halogens is 1. The predicted molar refractivity (Wildman–Crippen MR) is 110 cm³/mol. The number of likely N-dealkylation sites (tertiary alicyclic amines) is 1. The normalized spacial score (nSPS) is 16.1. The topological polar surface area (TPSA) is 80.2 Å². The minimum absolute atomic E-state index is 0.0197. The summed E-state index contributed by atoms with van der Waals surface area (Å²) in [5.41, 5.74) is 4.17. The van der Waals surface area contributed by atoms with Gasteiger partial charge in [-0.1, -0.05) is 16.4 Å². The van der Waals surface area contributed by atoms with Crippen LogP contribution in [0.3, 0.4) is 0 Å². The van der Waals surface area contributed by atoms with Gasteiger partial charge in [-0.05, 0) is 68.7 Å². The number of hydrogen-bond donors (Lipinski definition) is 1. The van der Waals surface area contributed by atoms with Crippen LogP contribution in [0.15, 0.2) is 40.9 Å². The van der Waals surface area contributed by atoms with Gasteiger partial charge in [-0.15, -0.1) is 5.10 Å². The number of rotatable bonds is 6. The van der Waals surface area contributed by atoms with Gasteiger partial charge in [0.2, 0.25) is 0 Å². The van der Waals surface area contributed by atoms with Crippen LogP contribution in [0.1, 0.15) is 36.4 Å². The van der Waals surface area contributed by atoms with Gasteiger partial charge in [0.25, 0.3) is 0 Å². The largest absolute Gasteiger partial charge is 0.392 e. The zero-order valence-corrected chi connectivity index (χ0v) is 16.7. The highest BCUT2D eigenvalue weighted by Gasteiger charge is 2.25. The Labute approximate surface area is 173 Å². The Kier molecular flexibility index (Phi) is 5.18. The summed E-state index contributed by atoms with van der Waals surface area (Å²) in [4.78, 5) is 2.47. The molecule has 8 heteroatoms. The van der Waals surface area contributed by atoms with Crippen molar-refractivity contribution >= 4 is 22.0 Å². The minimum atomic E-state index is -0.298. The van der Waals surface area contributed by atoms with Crippen molar-refractivity contribution in [3.63, 3.8) is 0 Å². The number of piperidine rings is 1. The highest BCUT2D eigenvalue weighted by molar-refractivity contribution is 5.80. The Morgan fingerprint density at radius 2 is 1.97 bits per heavy atom. The first kappa shape index (κ1) is 19.1. The van der Waals surface area contributed by atoms with E-state index in [2.05, 4.69) is 20.4 Å². The van der Waals surface area contributed by atoms with E-state index < -0.39 is 0 Å². The fraction of sp³-hybridized carbons (Fsp3) is 0.409. The number of nitrogens with zero attached hydrogens (tertiary/aromatic N) is 5. The molecule has 0 bridgehead atoms. The lowest BCUT2D eigenvalue weighted by atomic mass is 9.91. The molecule has 2 aromatic heterocycles. The van der Waals surface area contributed by atoms with E-state index in [1.165, 1.54) is 12.1 Å². The van der Waals surface area contributed by atoms with Gasteiger partial charge < -0.3 is 14.5 Å². The molecule has 0 amide bonds. The first-order chi connectivity index (χ1) is 14.7. The lowest BCUT2D eigenvalue weighted by molar-refractivity contribution is 0.203. The first-order valence-corrected chi connectivity index (χ1v) is 10.4. The van der Waals surface area contributed by atoms with Gasteiger partial charge in [-0.25, -0.2) is 9.07 Å². The van der Waals surface area contributed by atoms with E-state index in [4.69, 9.17) is 4.52 Å². The van der Waals surface area contributed by atoms with Gasteiger partial charge in [0, 0.05) is 23.9 Å². The summed E-state index contributed by atoms with van der Waals surface area (Å²) < 4.78 is 20.6. The van der Waals surface area contributed by atoms with E-state index in [1.54, 1.807) is 6.07 Å².